The molecule has 4 aliphatic rings. The Hall–Kier alpha value is -3.45. The molecule has 4 heterocycles. The fourth-order valence-corrected chi connectivity index (χ4v) is 9.33. The highest BCUT2D eigenvalue weighted by molar-refractivity contribution is 6.36. The van der Waals surface area contributed by atoms with Gasteiger partial charge in [-0.15, -0.1) is 0 Å². The van der Waals surface area contributed by atoms with Gasteiger partial charge in [-0.05, 0) is 75.4 Å². The van der Waals surface area contributed by atoms with Crippen LogP contribution in [-0.4, -0.2) is 114 Å². The summed E-state index contributed by atoms with van der Waals surface area (Å²) in [5.74, 6) is -4.17. The minimum atomic E-state index is -1.35. The quantitative estimate of drug-likeness (QED) is 0.178. The zero-order chi connectivity index (χ0) is 37.6. The molecule has 6 rings (SSSR count). The van der Waals surface area contributed by atoms with Gasteiger partial charge in [0, 0.05) is 77.9 Å². The Bertz CT molecular complexity index is 1710. The first-order chi connectivity index (χ1) is 25.6. The Morgan fingerprint density at radius 1 is 0.849 bits per heavy atom. The molecule has 286 valence electrons. The van der Waals surface area contributed by atoms with Crippen molar-refractivity contribution in [1.29, 1.82) is 0 Å². The van der Waals surface area contributed by atoms with Gasteiger partial charge in [-0.25, -0.2) is 9.59 Å². The summed E-state index contributed by atoms with van der Waals surface area (Å²) in [5, 5.41) is 28.1. The smallest absolute Gasteiger partial charge is 0.334 e. The van der Waals surface area contributed by atoms with Gasteiger partial charge in [0.1, 0.15) is 0 Å². The summed E-state index contributed by atoms with van der Waals surface area (Å²) in [7, 11) is 2.24. The Morgan fingerprint density at radius 2 is 1.47 bits per heavy atom. The van der Waals surface area contributed by atoms with E-state index >= 15 is 0 Å². The Labute approximate surface area is 321 Å². The lowest BCUT2D eigenvalue weighted by molar-refractivity contribution is -0.133. The van der Waals surface area contributed by atoms with Crippen molar-refractivity contribution in [3.05, 3.63) is 91.7 Å². The molecule has 3 fully saturated rings. The van der Waals surface area contributed by atoms with E-state index in [1.165, 1.54) is 12.8 Å². The van der Waals surface area contributed by atoms with Crippen molar-refractivity contribution < 1.29 is 29.3 Å². The number of halogens is 2. The third-order valence-corrected chi connectivity index (χ3v) is 12.2. The van der Waals surface area contributed by atoms with Gasteiger partial charge in [-0.1, -0.05) is 60.5 Å². The largest absolute Gasteiger partial charge is 0.478 e. The number of fused-ring (bicyclic) bond motifs is 2. The van der Waals surface area contributed by atoms with Crippen LogP contribution in [0.1, 0.15) is 68.1 Å². The first-order valence-corrected chi connectivity index (χ1v) is 19.6. The Kier molecular flexibility index (Phi) is 13.2. The highest BCUT2D eigenvalue weighted by Gasteiger charge is 2.43. The molecule has 53 heavy (non-hydrogen) atoms. The van der Waals surface area contributed by atoms with E-state index in [1.54, 1.807) is 23.1 Å². The van der Waals surface area contributed by atoms with Gasteiger partial charge in [0.15, 0.2) is 0 Å². The lowest BCUT2D eigenvalue weighted by Crippen LogP contribution is -2.56. The molecule has 0 spiro atoms. The standard InChI is InChI=1S/C40H51Cl2N5O6/c1-3-43-15-20-53-24-26-8-5-4-7-25(26)11-14-32-36(39(49)50)38(35-30(41)9-6-10-31(35)42)37(40(51)52)33(44-32)23-34(48)47-18-16-46(17-19-47)29-21-27-12-13-28(22-29)45(27)2/h4-10,27-29,38,43-44H,3,11-24H2,1-2H3,(H,49,50)(H,51,52). The number of allylic oxidation sites excluding steroid dienone is 1. The third kappa shape index (κ3) is 8.93. The molecule has 0 aromatic heterocycles. The van der Waals surface area contributed by atoms with E-state index in [-0.39, 0.29) is 51.2 Å². The number of aryl methyl sites for hydroxylation is 1. The number of rotatable bonds is 15. The number of likely N-dealkylation sites (N-methyl/N-ethyl adjacent to an activating group) is 1. The molecule has 2 bridgehead atoms. The highest BCUT2D eigenvalue weighted by atomic mass is 35.5. The monoisotopic (exact) mass is 767 g/mol. The molecule has 3 atom stereocenters. The number of carbonyl (C=O) groups is 3. The topological polar surface area (TPSA) is 135 Å². The van der Waals surface area contributed by atoms with Crippen molar-refractivity contribution in [2.45, 2.75) is 82.5 Å². The number of nitrogens with one attached hydrogen (secondary N) is 2. The Balaban J connectivity index is 1.25. The van der Waals surface area contributed by atoms with Crippen molar-refractivity contribution >= 4 is 41.0 Å². The predicted molar refractivity (Wildman–Crippen MR) is 205 cm³/mol. The predicted octanol–water partition coefficient (Wildman–Crippen LogP) is 5.28. The first kappa shape index (κ1) is 39.2. The molecule has 1 amide bonds. The summed E-state index contributed by atoms with van der Waals surface area (Å²) in [6.07, 6.45) is 5.26. The number of aliphatic carboxylic acids is 2. The molecule has 0 aliphatic carbocycles. The molecule has 11 nitrogen and oxygen atoms in total. The Morgan fingerprint density at radius 3 is 2.09 bits per heavy atom. The van der Waals surface area contributed by atoms with E-state index < -0.39 is 17.9 Å². The van der Waals surface area contributed by atoms with E-state index in [0.717, 1.165) is 50.1 Å². The van der Waals surface area contributed by atoms with E-state index in [9.17, 15) is 24.6 Å². The molecule has 2 aromatic carbocycles. The fraction of sp³-hybridized carbons (Fsp3) is 0.525. The number of nitrogens with zero attached hydrogens (tertiary/aromatic N) is 3. The van der Waals surface area contributed by atoms with E-state index in [0.29, 0.717) is 56.5 Å². The number of ether oxygens (including phenoxy) is 1. The van der Waals surface area contributed by atoms with Gasteiger partial charge in [0.05, 0.1) is 36.7 Å². The van der Waals surface area contributed by atoms with Gasteiger partial charge in [0.25, 0.3) is 0 Å². The summed E-state index contributed by atoms with van der Waals surface area (Å²) in [6, 6.07) is 14.4. The number of amides is 1. The van der Waals surface area contributed by atoms with Gasteiger partial charge in [0.2, 0.25) is 5.91 Å². The van der Waals surface area contributed by atoms with Crippen LogP contribution in [0.15, 0.2) is 65.0 Å². The summed E-state index contributed by atoms with van der Waals surface area (Å²) in [4.78, 5) is 47.1. The molecular formula is C40H51Cl2N5O6. The van der Waals surface area contributed by atoms with Crippen LogP contribution in [0.25, 0.3) is 0 Å². The van der Waals surface area contributed by atoms with Crippen molar-refractivity contribution in [3.8, 4) is 0 Å². The van der Waals surface area contributed by atoms with Gasteiger partial charge in [-0.2, -0.15) is 0 Å². The van der Waals surface area contributed by atoms with Crippen LogP contribution in [0.2, 0.25) is 10.0 Å². The van der Waals surface area contributed by atoms with Crippen LogP contribution in [-0.2, 0) is 32.1 Å². The van der Waals surface area contributed by atoms with Crippen molar-refractivity contribution in [3.63, 3.8) is 0 Å². The number of carbonyl (C=O) groups excluding carboxylic acids is 1. The number of hydrogen-bond donors (Lipinski definition) is 4. The molecule has 3 saturated heterocycles. The number of benzene rings is 2. The van der Waals surface area contributed by atoms with Gasteiger partial charge < -0.3 is 35.4 Å². The number of piperazine rings is 1. The van der Waals surface area contributed by atoms with Gasteiger partial charge >= 0.3 is 11.9 Å². The first-order valence-electron chi connectivity index (χ1n) is 18.8. The molecule has 3 unspecified atom stereocenters. The average Bonchev–Trinajstić information content (AvgIpc) is 3.32. The number of carboxylic acid groups (broad SMARTS) is 2. The van der Waals surface area contributed by atoms with E-state index in [1.807, 2.05) is 31.2 Å². The molecule has 2 aromatic rings. The number of hydrogen-bond acceptors (Lipinski definition) is 8. The minimum absolute atomic E-state index is 0.144. The van der Waals surface area contributed by atoms with Crippen LogP contribution < -0.4 is 10.6 Å². The molecule has 4 N–H and O–H groups in total. The van der Waals surface area contributed by atoms with Gasteiger partial charge in [-0.3, -0.25) is 9.69 Å². The fourth-order valence-electron chi connectivity index (χ4n) is 8.71. The maximum Gasteiger partial charge on any atom is 0.334 e. The SMILES string of the molecule is CCNCCOCc1ccccc1CCC1=C(C(=O)O)C(c2c(Cl)cccc2Cl)C(C(=O)O)=C(CC(=O)N2CCN(C3CC4CCC(C3)N4C)CC2)N1. The van der Waals surface area contributed by atoms with Crippen molar-refractivity contribution in [2.24, 2.45) is 0 Å². The van der Waals surface area contributed by atoms with Crippen LogP contribution in [0.4, 0.5) is 0 Å². The maximum atomic E-state index is 14.0. The second-order valence-corrected chi connectivity index (χ2v) is 15.3. The number of dihydropyridines is 1. The normalized spacial score (nSPS) is 23.7. The lowest BCUT2D eigenvalue weighted by atomic mass is 9.78. The van der Waals surface area contributed by atoms with Crippen molar-refractivity contribution in [2.75, 3.05) is 52.9 Å². The number of carboxylic acids is 2. The van der Waals surface area contributed by atoms with Crippen LogP contribution >= 0.6 is 23.2 Å². The second-order valence-electron chi connectivity index (χ2n) is 14.5. The summed E-state index contributed by atoms with van der Waals surface area (Å²) in [6.45, 7) is 7.20. The zero-order valence-electron chi connectivity index (χ0n) is 30.6. The zero-order valence-corrected chi connectivity index (χ0v) is 32.1. The van der Waals surface area contributed by atoms with Crippen LogP contribution in [0.5, 0.6) is 0 Å². The summed E-state index contributed by atoms with van der Waals surface area (Å²) >= 11 is 13.3. The van der Waals surface area contributed by atoms with Crippen LogP contribution in [0, 0.1) is 0 Å². The third-order valence-electron chi connectivity index (χ3n) is 11.6. The van der Waals surface area contributed by atoms with Crippen molar-refractivity contribution in [1.82, 2.24) is 25.3 Å². The molecule has 13 heteroatoms. The molecular weight excluding hydrogens is 717 g/mol. The van der Waals surface area contributed by atoms with E-state index in [2.05, 4.69) is 27.5 Å². The van der Waals surface area contributed by atoms with Crippen LogP contribution in [0.3, 0.4) is 0 Å². The summed E-state index contributed by atoms with van der Waals surface area (Å²) < 4.78 is 5.90. The average molecular weight is 769 g/mol. The molecule has 0 saturated carbocycles. The lowest BCUT2D eigenvalue weighted by Gasteiger charge is -2.45. The highest BCUT2D eigenvalue weighted by Crippen LogP contribution is 2.45. The van der Waals surface area contributed by atoms with E-state index in [4.69, 9.17) is 27.9 Å². The maximum absolute atomic E-state index is 14.0. The number of piperidine rings is 1. The second kappa shape index (κ2) is 17.8. The molecule has 4 aliphatic heterocycles. The minimum Gasteiger partial charge on any atom is -0.478 e. The summed E-state index contributed by atoms with van der Waals surface area (Å²) in [5.41, 5.74) is 2.20. The molecule has 0 radical (unpaired) electrons.